The van der Waals surface area contributed by atoms with Gasteiger partial charge in [-0.15, -0.1) is 5.10 Å². The molecule has 0 aliphatic rings. The van der Waals surface area contributed by atoms with Gasteiger partial charge in [0.1, 0.15) is 5.69 Å². The summed E-state index contributed by atoms with van der Waals surface area (Å²) >= 11 is 0. The van der Waals surface area contributed by atoms with Crippen LogP contribution in [0.3, 0.4) is 0 Å². The van der Waals surface area contributed by atoms with Gasteiger partial charge in [0.15, 0.2) is 5.82 Å². The predicted molar refractivity (Wildman–Crippen MR) is 113 cm³/mol. The van der Waals surface area contributed by atoms with Gasteiger partial charge in [0, 0.05) is 23.0 Å². The molecule has 0 saturated heterocycles. The lowest BCUT2D eigenvalue weighted by atomic mass is 9.98. The molecular weight excluding hydrogens is 360 g/mol. The van der Waals surface area contributed by atoms with Crippen LogP contribution in [0.4, 0.5) is 0 Å². The number of tetrazole rings is 1. The van der Waals surface area contributed by atoms with E-state index in [1.807, 2.05) is 24.3 Å². The van der Waals surface area contributed by atoms with Crippen molar-refractivity contribution in [3.8, 4) is 22.8 Å². The van der Waals surface area contributed by atoms with Crippen LogP contribution in [0.2, 0.25) is 0 Å². The fourth-order valence-corrected chi connectivity index (χ4v) is 3.71. The molecule has 0 atom stereocenters. The highest BCUT2D eigenvalue weighted by Gasteiger charge is 2.16. The van der Waals surface area contributed by atoms with Gasteiger partial charge in [-0.1, -0.05) is 36.4 Å². The van der Waals surface area contributed by atoms with Crippen molar-refractivity contribution in [1.82, 2.24) is 30.6 Å². The number of nitrogens with one attached hydrogen (secondary N) is 2. The van der Waals surface area contributed by atoms with Crippen molar-refractivity contribution in [2.45, 2.75) is 20.3 Å². The van der Waals surface area contributed by atoms with Crippen LogP contribution < -0.4 is 0 Å². The smallest absolute Gasteiger partial charge is 0.198 e. The van der Waals surface area contributed by atoms with Gasteiger partial charge in [-0.3, -0.25) is 0 Å². The number of H-pyrrole nitrogens is 2. The Hall–Kier alpha value is -3.80. The first-order chi connectivity index (χ1) is 14.2. The minimum Gasteiger partial charge on any atom is -0.354 e. The Morgan fingerprint density at radius 1 is 0.897 bits per heavy atom. The van der Waals surface area contributed by atoms with E-state index >= 15 is 0 Å². The molecule has 0 aliphatic heterocycles. The summed E-state index contributed by atoms with van der Waals surface area (Å²) < 4.78 is 0. The second-order valence-electron chi connectivity index (χ2n) is 7.27. The molecule has 3 aromatic heterocycles. The molecule has 0 saturated carbocycles. The zero-order chi connectivity index (χ0) is 19.8. The number of rotatable bonds is 4. The van der Waals surface area contributed by atoms with Gasteiger partial charge in [0.25, 0.3) is 0 Å². The van der Waals surface area contributed by atoms with Crippen molar-refractivity contribution in [1.29, 1.82) is 0 Å². The SMILES string of the molecule is Cc1cc2[nH]c(-c3ccccc3)c(Cc3cccc(-c4nnn[nH]4)n3)c2cc1C. The summed E-state index contributed by atoms with van der Waals surface area (Å²) in [7, 11) is 0. The maximum atomic E-state index is 4.78. The number of hydrogen-bond acceptors (Lipinski definition) is 4. The topological polar surface area (TPSA) is 83.1 Å². The maximum absolute atomic E-state index is 4.78. The molecule has 0 bridgehead atoms. The van der Waals surface area contributed by atoms with E-state index in [0.717, 1.165) is 22.6 Å². The van der Waals surface area contributed by atoms with Crippen LogP contribution in [-0.2, 0) is 6.42 Å². The Morgan fingerprint density at radius 3 is 2.52 bits per heavy atom. The third-order valence-corrected chi connectivity index (χ3v) is 5.34. The van der Waals surface area contributed by atoms with Gasteiger partial charge in [-0.25, -0.2) is 10.1 Å². The monoisotopic (exact) mass is 380 g/mol. The van der Waals surface area contributed by atoms with Crippen LogP contribution in [0.5, 0.6) is 0 Å². The quantitative estimate of drug-likeness (QED) is 0.477. The predicted octanol–water partition coefficient (Wildman–Crippen LogP) is 4.62. The Balaban J connectivity index is 1.66. The van der Waals surface area contributed by atoms with Crippen molar-refractivity contribution in [2.75, 3.05) is 0 Å². The van der Waals surface area contributed by atoms with Crippen LogP contribution in [0.1, 0.15) is 22.4 Å². The number of aromatic amines is 2. The molecule has 5 aromatic rings. The molecule has 0 spiro atoms. The molecule has 6 nitrogen and oxygen atoms in total. The lowest BCUT2D eigenvalue weighted by Crippen LogP contribution is -1.96. The third-order valence-electron chi connectivity index (χ3n) is 5.34. The number of aryl methyl sites for hydroxylation is 2. The van der Waals surface area contributed by atoms with Gasteiger partial charge < -0.3 is 4.98 Å². The molecular formula is C23H20N6. The maximum Gasteiger partial charge on any atom is 0.198 e. The van der Waals surface area contributed by atoms with Crippen LogP contribution >= 0.6 is 0 Å². The van der Waals surface area contributed by atoms with Crippen molar-refractivity contribution in [3.05, 3.63) is 83.0 Å². The van der Waals surface area contributed by atoms with E-state index in [2.05, 4.69) is 75.9 Å². The van der Waals surface area contributed by atoms with Crippen molar-refractivity contribution in [2.24, 2.45) is 0 Å². The van der Waals surface area contributed by atoms with E-state index in [9.17, 15) is 0 Å². The molecule has 5 rings (SSSR count). The Labute approximate surface area is 168 Å². The van der Waals surface area contributed by atoms with E-state index in [4.69, 9.17) is 4.98 Å². The number of benzene rings is 2. The van der Waals surface area contributed by atoms with Crippen molar-refractivity contribution < 1.29 is 0 Å². The third kappa shape index (κ3) is 3.18. The summed E-state index contributed by atoms with van der Waals surface area (Å²) in [6, 6.07) is 20.9. The molecule has 3 heterocycles. The second kappa shape index (κ2) is 6.98. The molecule has 6 heteroatoms. The largest absolute Gasteiger partial charge is 0.354 e. The summed E-state index contributed by atoms with van der Waals surface area (Å²) in [5.41, 5.74) is 8.97. The van der Waals surface area contributed by atoms with Crippen LogP contribution in [0, 0.1) is 13.8 Å². The fraction of sp³-hybridized carbons (Fsp3) is 0.130. The summed E-state index contributed by atoms with van der Waals surface area (Å²) in [6.45, 7) is 4.30. The van der Waals surface area contributed by atoms with Crippen LogP contribution in [0.15, 0.2) is 60.7 Å². The summed E-state index contributed by atoms with van der Waals surface area (Å²) in [5, 5.41) is 15.3. The summed E-state index contributed by atoms with van der Waals surface area (Å²) in [5.74, 6) is 0.570. The lowest BCUT2D eigenvalue weighted by molar-refractivity contribution is 0.881. The first-order valence-electron chi connectivity index (χ1n) is 9.56. The van der Waals surface area contributed by atoms with Crippen LogP contribution in [0.25, 0.3) is 33.7 Å². The van der Waals surface area contributed by atoms with Crippen molar-refractivity contribution in [3.63, 3.8) is 0 Å². The van der Waals surface area contributed by atoms with E-state index in [1.165, 1.54) is 27.6 Å². The van der Waals surface area contributed by atoms with E-state index < -0.39 is 0 Å². The average molecular weight is 380 g/mol. The van der Waals surface area contributed by atoms with Gasteiger partial charge in [0.2, 0.25) is 0 Å². The zero-order valence-electron chi connectivity index (χ0n) is 16.3. The highest BCUT2D eigenvalue weighted by molar-refractivity contribution is 5.92. The minimum absolute atomic E-state index is 0.570. The number of pyridine rings is 1. The second-order valence-corrected chi connectivity index (χ2v) is 7.27. The summed E-state index contributed by atoms with van der Waals surface area (Å²) in [6.07, 6.45) is 0.710. The first-order valence-corrected chi connectivity index (χ1v) is 9.56. The van der Waals surface area contributed by atoms with Gasteiger partial charge >= 0.3 is 0 Å². The van der Waals surface area contributed by atoms with E-state index in [1.54, 1.807) is 0 Å². The number of nitrogens with zero attached hydrogens (tertiary/aromatic N) is 4. The molecule has 0 fully saturated rings. The van der Waals surface area contributed by atoms with Gasteiger partial charge in [-0.2, -0.15) is 0 Å². The fourth-order valence-electron chi connectivity index (χ4n) is 3.71. The van der Waals surface area contributed by atoms with Gasteiger partial charge in [0.05, 0.1) is 5.69 Å². The highest BCUT2D eigenvalue weighted by atomic mass is 15.5. The molecule has 29 heavy (non-hydrogen) atoms. The summed E-state index contributed by atoms with van der Waals surface area (Å²) in [4.78, 5) is 8.43. The Bertz CT molecular complexity index is 1290. The first kappa shape index (κ1) is 17.3. The Morgan fingerprint density at radius 2 is 1.72 bits per heavy atom. The van der Waals surface area contributed by atoms with Crippen molar-refractivity contribution >= 4 is 10.9 Å². The van der Waals surface area contributed by atoms with Crippen LogP contribution in [-0.4, -0.2) is 30.6 Å². The normalized spacial score (nSPS) is 11.2. The molecule has 0 aliphatic carbocycles. The minimum atomic E-state index is 0.570. The molecule has 142 valence electrons. The molecule has 2 N–H and O–H groups in total. The molecule has 0 amide bonds. The Kier molecular flexibility index (Phi) is 4.17. The standard InChI is InChI=1S/C23H20N6/c1-14-11-18-19(13-17-9-6-10-20(24-17)23-26-28-29-27-23)22(16-7-4-3-5-8-16)25-21(18)12-15(14)2/h3-12,25H,13H2,1-2H3,(H,26,27,28,29). The lowest BCUT2D eigenvalue weighted by Gasteiger charge is -2.07. The average Bonchev–Trinajstić information content (AvgIpc) is 3.39. The highest BCUT2D eigenvalue weighted by Crippen LogP contribution is 2.33. The van der Waals surface area contributed by atoms with Gasteiger partial charge in [-0.05, 0) is 70.8 Å². The van der Waals surface area contributed by atoms with E-state index in [-0.39, 0.29) is 0 Å². The zero-order valence-corrected chi connectivity index (χ0v) is 16.3. The van der Waals surface area contributed by atoms with E-state index in [0.29, 0.717) is 12.2 Å². The molecule has 0 unspecified atom stereocenters. The number of hydrogen-bond donors (Lipinski definition) is 2. The number of aromatic nitrogens is 6. The number of fused-ring (bicyclic) bond motifs is 1. The molecule has 0 radical (unpaired) electrons. The molecule has 2 aromatic carbocycles.